The van der Waals surface area contributed by atoms with E-state index in [0.717, 1.165) is 6.07 Å². The third-order valence-electron chi connectivity index (χ3n) is 4.00. The molecule has 0 radical (unpaired) electrons. The number of carbonyl (C=O) groups is 1. The summed E-state index contributed by atoms with van der Waals surface area (Å²) in [5, 5.41) is 2.77. The molecule has 0 saturated carbocycles. The van der Waals surface area contributed by atoms with Crippen LogP contribution in [0, 0.1) is 5.82 Å². The van der Waals surface area contributed by atoms with E-state index in [1.165, 1.54) is 42.5 Å². The van der Waals surface area contributed by atoms with E-state index in [4.69, 9.17) is 0 Å². The van der Waals surface area contributed by atoms with Crippen LogP contribution in [0.5, 0.6) is 0 Å². The molecule has 2 N–H and O–H groups in total. The monoisotopic (exact) mass is 399 g/mol. The van der Waals surface area contributed by atoms with Crippen molar-refractivity contribution in [3.8, 4) is 0 Å². The van der Waals surface area contributed by atoms with Gasteiger partial charge in [-0.1, -0.05) is 24.3 Å². The number of para-hydroxylation sites is 1. The molecule has 1 unspecified atom stereocenters. The van der Waals surface area contributed by atoms with Gasteiger partial charge in [0.15, 0.2) is 0 Å². The fourth-order valence-electron chi connectivity index (χ4n) is 2.54. The number of sulfonamides is 1. The number of rotatable bonds is 6. The maximum Gasteiger partial charge on any atom is 0.262 e. The van der Waals surface area contributed by atoms with Crippen LogP contribution in [0.1, 0.15) is 29.0 Å². The van der Waals surface area contributed by atoms with Crippen molar-refractivity contribution in [1.82, 2.24) is 10.3 Å². The van der Waals surface area contributed by atoms with Crippen LogP contribution in [0.2, 0.25) is 0 Å². The zero-order chi connectivity index (χ0) is 20.1. The molecule has 3 aromatic rings. The van der Waals surface area contributed by atoms with Gasteiger partial charge in [0.25, 0.3) is 15.9 Å². The minimum absolute atomic E-state index is 0.145. The maximum absolute atomic E-state index is 13.8. The number of amides is 1. The Morgan fingerprint density at radius 3 is 2.50 bits per heavy atom. The largest absolute Gasteiger partial charge is 0.344 e. The predicted molar refractivity (Wildman–Crippen MR) is 104 cm³/mol. The second kappa shape index (κ2) is 8.18. The van der Waals surface area contributed by atoms with Crippen molar-refractivity contribution in [2.75, 3.05) is 4.72 Å². The SMILES string of the molecule is CC(NC(=O)c1cccc(S(=O)(=O)Nc2ccccc2F)c1)c1ccccn1. The van der Waals surface area contributed by atoms with Crippen LogP contribution in [0.4, 0.5) is 10.1 Å². The van der Waals surface area contributed by atoms with Gasteiger partial charge in [-0.2, -0.15) is 0 Å². The summed E-state index contributed by atoms with van der Waals surface area (Å²) in [4.78, 5) is 16.5. The molecule has 0 aliphatic rings. The molecular formula is C20H18FN3O3S. The van der Waals surface area contributed by atoms with Gasteiger partial charge in [0.2, 0.25) is 0 Å². The molecule has 1 aromatic heterocycles. The lowest BCUT2D eigenvalue weighted by Gasteiger charge is -2.14. The topological polar surface area (TPSA) is 88.2 Å². The Morgan fingerprint density at radius 1 is 1.04 bits per heavy atom. The van der Waals surface area contributed by atoms with Gasteiger partial charge in [-0.25, -0.2) is 12.8 Å². The lowest BCUT2D eigenvalue weighted by atomic mass is 10.1. The van der Waals surface area contributed by atoms with Crippen molar-refractivity contribution in [3.63, 3.8) is 0 Å². The van der Waals surface area contributed by atoms with Crippen molar-refractivity contribution >= 4 is 21.6 Å². The first-order chi connectivity index (χ1) is 13.4. The number of halogens is 1. The second-order valence-corrected chi connectivity index (χ2v) is 7.75. The Kier molecular flexibility index (Phi) is 5.70. The highest BCUT2D eigenvalue weighted by atomic mass is 32.2. The minimum Gasteiger partial charge on any atom is -0.344 e. The van der Waals surface area contributed by atoms with E-state index in [0.29, 0.717) is 5.69 Å². The maximum atomic E-state index is 13.8. The molecule has 1 amide bonds. The first kappa shape index (κ1) is 19.5. The van der Waals surface area contributed by atoms with Crippen LogP contribution in [-0.2, 0) is 10.0 Å². The molecule has 1 heterocycles. The zero-order valence-corrected chi connectivity index (χ0v) is 15.8. The number of nitrogens with one attached hydrogen (secondary N) is 2. The molecule has 8 heteroatoms. The number of carbonyl (C=O) groups excluding carboxylic acids is 1. The first-order valence-electron chi connectivity index (χ1n) is 8.46. The van der Waals surface area contributed by atoms with E-state index >= 15 is 0 Å². The smallest absolute Gasteiger partial charge is 0.262 e. The molecule has 0 spiro atoms. The van der Waals surface area contributed by atoms with E-state index in [1.54, 1.807) is 25.3 Å². The average molecular weight is 399 g/mol. The Hall–Kier alpha value is -3.26. The van der Waals surface area contributed by atoms with E-state index < -0.39 is 21.7 Å². The number of pyridine rings is 1. The van der Waals surface area contributed by atoms with Gasteiger partial charge < -0.3 is 5.32 Å². The van der Waals surface area contributed by atoms with Crippen LogP contribution >= 0.6 is 0 Å². The quantitative estimate of drug-likeness (QED) is 0.664. The minimum atomic E-state index is -4.05. The molecule has 0 aliphatic carbocycles. The summed E-state index contributed by atoms with van der Waals surface area (Å²) in [5.41, 5.74) is 0.682. The molecule has 28 heavy (non-hydrogen) atoms. The normalized spacial score (nSPS) is 12.2. The Labute approximate surface area is 162 Å². The first-order valence-corrected chi connectivity index (χ1v) is 9.94. The molecule has 2 aromatic carbocycles. The van der Waals surface area contributed by atoms with E-state index in [1.807, 2.05) is 6.07 Å². The lowest BCUT2D eigenvalue weighted by Crippen LogP contribution is -2.27. The summed E-state index contributed by atoms with van der Waals surface area (Å²) in [7, 11) is -4.05. The number of hydrogen-bond donors (Lipinski definition) is 2. The molecule has 0 saturated heterocycles. The van der Waals surface area contributed by atoms with Gasteiger partial charge in [0.1, 0.15) is 5.82 Å². The third kappa shape index (κ3) is 4.52. The zero-order valence-electron chi connectivity index (χ0n) is 15.0. The number of benzene rings is 2. The molecule has 3 rings (SSSR count). The molecule has 1 atom stereocenters. The van der Waals surface area contributed by atoms with Crippen LogP contribution in [0.15, 0.2) is 77.8 Å². The fraction of sp³-hybridized carbons (Fsp3) is 0.100. The molecule has 0 aliphatic heterocycles. The van der Waals surface area contributed by atoms with E-state index in [9.17, 15) is 17.6 Å². The molecule has 6 nitrogen and oxygen atoms in total. The molecule has 144 valence electrons. The van der Waals surface area contributed by atoms with Gasteiger partial charge in [-0.15, -0.1) is 0 Å². The number of nitrogens with zero attached hydrogens (tertiary/aromatic N) is 1. The molecule has 0 bridgehead atoms. The summed E-state index contributed by atoms with van der Waals surface area (Å²) < 4.78 is 41.0. The summed E-state index contributed by atoms with van der Waals surface area (Å²) in [5.74, 6) is -1.13. The van der Waals surface area contributed by atoms with Gasteiger partial charge in [0.05, 0.1) is 22.3 Å². The van der Waals surface area contributed by atoms with Gasteiger partial charge in [-0.05, 0) is 49.4 Å². The standard InChI is InChI=1S/C20H18FN3O3S/c1-14(18-10-4-5-12-22-18)23-20(25)15-7-6-8-16(13-15)28(26,27)24-19-11-3-2-9-17(19)21/h2-14,24H,1H3,(H,23,25). The Bertz CT molecular complexity index is 1090. The lowest BCUT2D eigenvalue weighted by molar-refractivity contribution is 0.0939. The van der Waals surface area contributed by atoms with Crippen molar-refractivity contribution in [2.24, 2.45) is 0 Å². The highest BCUT2D eigenvalue weighted by Gasteiger charge is 2.19. The molecular weight excluding hydrogens is 381 g/mol. The van der Waals surface area contributed by atoms with Crippen LogP contribution in [-0.4, -0.2) is 19.3 Å². The van der Waals surface area contributed by atoms with Crippen LogP contribution in [0.25, 0.3) is 0 Å². The number of anilines is 1. The van der Waals surface area contributed by atoms with Crippen molar-refractivity contribution in [1.29, 1.82) is 0 Å². The number of hydrogen-bond acceptors (Lipinski definition) is 4. The van der Waals surface area contributed by atoms with Gasteiger partial charge in [-0.3, -0.25) is 14.5 Å². The second-order valence-electron chi connectivity index (χ2n) is 6.06. The van der Waals surface area contributed by atoms with E-state index in [-0.39, 0.29) is 22.2 Å². The van der Waals surface area contributed by atoms with Crippen LogP contribution < -0.4 is 10.0 Å². The highest BCUT2D eigenvalue weighted by molar-refractivity contribution is 7.92. The Balaban J connectivity index is 1.79. The summed E-state index contributed by atoms with van der Waals surface area (Å²) in [6.45, 7) is 1.78. The predicted octanol–water partition coefficient (Wildman–Crippen LogP) is 3.51. The van der Waals surface area contributed by atoms with Gasteiger partial charge in [0, 0.05) is 11.8 Å². The van der Waals surface area contributed by atoms with Crippen molar-refractivity contribution in [2.45, 2.75) is 17.9 Å². The summed E-state index contributed by atoms with van der Waals surface area (Å²) in [6.07, 6.45) is 1.62. The van der Waals surface area contributed by atoms with Gasteiger partial charge >= 0.3 is 0 Å². The van der Waals surface area contributed by atoms with Crippen molar-refractivity contribution < 1.29 is 17.6 Å². The summed E-state index contributed by atoms with van der Waals surface area (Å²) >= 11 is 0. The van der Waals surface area contributed by atoms with Crippen molar-refractivity contribution in [3.05, 3.63) is 90.0 Å². The fourth-order valence-corrected chi connectivity index (χ4v) is 3.65. The molecule has 0 fully saturated rings. The van der Waals surface area contributed by atoms with E-state index in [2.05, 4.69) is 15.0 Å². The summed E-state index contributed by atoms with van der Waals surface area (Å²) in [6, 6.07) is 16.0. The highest BCUT2D eigenvalue weighted by Crippen LogP contribution is 2.20. The van der Waals surface area contributed by atoms with Crippen LogP contribution in [0.3, 0.4) is 0 Å². The average Bonchev–Trinajstić information content (AvgIpc) is 2.70. The Morgan fingerprint density at radius 2 is 1.79 bits per heavy atom. The third-order valence-corrected chi connectivity index (χ3v) is 5.37. The number of aromatic nitrogens is 1.